The molecule has 2 aromatic carbocycles. The predicted molar refractivity (Wildman–Crippen MR) is 115 cm³/mol. The van der Waals surface area contributed by atoms with E-state index >= 15 is 0 Å². The third kappa shape index (κ3) is 4.52. The van der Waals surface area contributed by atoms with Crippen molar-refractivity contribution < 1.29 is 19.0 Å². The number of halogens is 1. The van der Waals surface area contributed by atoms with Crippen LogP contribution in [-0.2, 0) is 11.2 Å². The van der Waals surface area contributed by atoms with E-state index in [0.717, 1.165) is 11.1 Å². The fourth-order valence-corrected chi connectivity index (χ4v) is 3.64. The molecule has 3 aromatic rings. The molecule has 0 fully saturated rings. The minimum absolute atomic E-state index is 0.164. The van der Waals surface area contributed by atoms with Crippen LogP contribution in [-0.4, -0.2) is 48.0 Å². The Bertz CT molecular complexity index is 1070. The van der Waals surface area contributed by atoms with Crippen molar-refractivity contribution in [3.8, 4) is 22.6 Å². The SMILES string of the molecule is CNCCOc1cc(-c2cn[nH]c2)c(F)cc1NC(=O)C1NCCc2cc(O)ccc21. The van der Waals surface area contributed by atoms with Crippen LogP contribution in [0.3, 0.4) is 0 Å². The molecule has 0 bridgehead atoms. The number of benzene rings is 2. The lowest BCUT2D eigenvalue weighted by atomic mass is 9.93. The van der Waals surface area contributed by atoms with Crippen LogP contribution >= 0.6 is 0 Å². The van der Waals surface area contributed by atoms with E-state index in [9.17, 15) is 14.3 Å². The summed E-state index contributed by atoms with van der Waals surface area (Å²) in [5.41, 5.74) is 2.85. The van der Waals surface area contributed by atoms with E-state index in [2.05, 4.69) is 26.1 Å². The number of carbonyl (C=O) groups is 1. The van der Waals surface area contributed by atoms with Crippen LogP contribution in [0.2, 0.25) is 0 Å². The number of aromatic hydroxyl groups is 1. The molecule has 1 aliphatic heterocycles. The Labute approximate surface area is 178 Å². The molecule has 162 valence electrons. The topological polar surface area (TPSA) is 111 Å². The van der Waals surface area contributed by atoms with E-state index in [0.29, 0.717) is 43.0 Å². The van der Waals surface area contributed by atoms with Crippen molar-refractivity contribution in [2.45, 2.75) is 12.5 Å². The number of amides is 1. The summed E-state index contributed by atoms with van der Waals surface area (Å²) in [4.78, 5) is 13.1. The van der Waals surface area contributed by atoms with Crippen molar-refractivity contribution >= 4 is 11.6 Å². The van der Waals surface area contributed by atoms with E-state index < -0.39 is 11.9 Å². The lowest BCUT2D eigenvalue weighted by Crippen LogP contribution is -2.38. The molecule has 1 atom stereocenters. The summed E-state index contributed by atoms with van der Waals surface area (Å²) in [6.07, 6.45) is 3.82. The lowest BCUT2D eigenvalue weighted by Gasteiger charge is -2.26. The van der Waals surface area contributed by atoms with Crippen LogP contribution in [0.1, 0.15) is 17.2 Å². The quantitative estimate of drug-likeness (QED) is 0.372. The van der Waals surface area contributed by atoms with Crippen molar-refractivity contribution in [2.24, 2.45) is 0 Å². The first-order chi connectivity index (χ1) is 15.1. The number of ether oxygens (including phenoxy) is 1. The lowest BCUT2D eigenvalue weighted by molar-refractivity contribution is -0.118. The molecule has 8 nitrogen and oxygen atoms in total. The Morgan fingerprint density at radius 1 is 1.35 bits per heavy atom. The number of H-pyrrole nitrogens is 1. The molecule has 4 rings (SSSR count). The van der Waals surface area contributed by atoms with Crippen molar-refractivity contribution in [3.63, 3.8) is 0 Å². The van der Waals surface area contributed by atoms with Gasteiger partial charge in [0, 0.05) is 36.5 Å². The third-order valence-electron chi connectivity index (χ3n) is 5.19. The van der Waals surface area contributed by atoms with Gasteiger partial charge in [-0.25, -0.2) is 4.39 Å². The predicted octanol–water partition coefficient (Wildman–Crippen LogP) is 2.35. The molecule has 2 heterocycles. The molecule has 0 saturated carbocycles. The number of phenols is 1. The van der Waals surface area contributed by atoms with Gasteiger partial charge in [-0.1, -0.05) is 6.07 Å². The smallest absolute Gasteiger partial charge is 0.246 e. The number of likely N-dealkylation sites (N-methyl/N-ethyl adjacent to an activating group) is 1. The Morgan fingerprint density at radius 3 is 3.00 bits per heavy atom. The molecule has 0 spiro atoms. The maximum atomic E-state index is 14.9. The van der Waals surface area contributed by atoms with Crippen LogP contribution in [0.4, 0.5) is 10.1 Å². The maximum Gasteiger partial charge on any atom is 0.246 e. The normalized spacial score (nSPS) is 15.4. The van der Waals surface area contributed by atoms with E-state index in [4.69, 9.17) is 4.74 Å². The number of hydrogen-bond acceptors (Lipinski definition) is 6. The molecule has 31 heavy (non-hydrogen) atoms. The number of aromatic amines is 1. The largest absolute Gasteiger partial charge is 0.508 e. The van der Waals surface area contributed by atoms with Gasteiger partial charge >= 0.3 is 0 Å². The second-order valence-electron chi connectivity index (χ2n) is 7.28. The van der Waals surface area contributed by atoms with Crippen molar-refractivity contribution in [3.05, 3.63) is 59.7 Å². The molecule has 9 heteroatoms. The number of nitrogens with one attached hydrogen (secondary N) is 4. The van der Waals surface area contributed by atoms with Crippen molar-refractivity contribution in [1.82, 2.24) is 20.8 Å². The van der Waals surface area contributed by atoms with Crippen LogP contribution in [0.15, 0.2) is 42.7 Å². The minimum Gasteiger partial charge on any atom is -0.508 e. The highest BCUT2D eigenvalue weighted by molar-refractivity contribution is 5.97. The molecule has 0 saturated heterocycles. The Morgan fingerprint density at radius 2 is 2.23 bits per heavy atom. The Hall–Kier alpha value is -3.43. The Balaban J connectivity index is 1.63. The standard InChI is InChI=1S/C22H24FN5O3/c1-24-6-7-31-20-9-17(14-11-26-27-12-14)18(23)10-19(20)28-22(30)21-16-3-2-15(29)8-13(16)4-5-25-21/h2-3,8-12,21,24-25,29H,4-7H2,1H3,(H,26,27)(H,28,30). The van der Waals surface area contributed by atoms with Gasteiger partial charge in [-0.3, -0.25) is 9.89 Å². The first-order valence-electron chi connectivity index (χ1n) is 10.0. The first-order valence-corrected chi connectivity index (χ1v) is 10.0. The zero-order valence-electron chi connectivity index (χ0n) is 17.0. The summed E-state index contributed by atoms with van der Waals surface area (Å²) in [5.74, 6) is -0.306. The summed E-state index contributed by atoms with van der Waals surface area (Å²) >= 11 is 0. The summed E-state index contributed by atoms with van der Waals surface area (Å²) in [7, 11) is 1.80. The zero-order chi connectivity index (χ0) is 21.8. The molecule has 0 radical (unpaired) electrons. The number of nitrogens with zero attached hydrogens (tertiary/aromatic N) is 1. The number of carbonyl (C=O) groups excluding carboxylic acids is 1. The van der Waals surface area contributed by atoms with E-state index in [1.165, 1.54) is 12.3 Å². The van der Waals surface area contributed by atoms with Gasteiger partial charge in [0.1, 0.15) is 30.0 Å². The summed E-state index contributed by atoms with van der Waals surface area (Å²) in [6.45, 7) is 1.53. The van der Waals surface area contributed by atoms with Crippen molar-refractivity contribution in [2.75, 3.05) is 32.1 Å². The molecule has 1 aliphatic rings. The molecule has 1 aromatic heterocycles. The highest BCUT2D eigenvalue weighted by atomic mass is 19.1. The fourth-order valence-electron chi connectivity index (χ4n) is 3.64. The monoisotopic (exact) mass is 425 g/mol. The summed E-state index contributed by atoms with van der Waals surface area (Å²) in [6, 6.07) is 7.15. The van der Waals surface area contributed by atoms with Gasteiger partial charge in [-0.2, -0.15) is 5.10 Å². The highest BCUT2D eigenvalue weighted by Crippen LogP contribution is 2.35. The number of rotatable bonds is 7. The number of anilines is 1. The van der Waals surface area contributed by atoms with Gasteiger partial charge < -0.3 is 25.8 Å². The maximum absolute atomic E-state index is 14.9. The third-order valence-corrected chi connectivity index (χ3v) is 5.19. The summed E-state index contributed by atoms with van der Waals surface area (Å²) < 4.78 is 20.7. The van der Waals surface area contributed by atoms with Gasteiger partial charge in [0.25, 0.3) is 0 Å². The molecule has 0 aliphatic carbocycles. The van der Waals surface area contributed by atoms with Gasteiger partial charge in [0.2, 0.25) is 5.91 Å². The van der Waals surface area contributed by atoms with Gasteiger partial charge in [-0.05, 0) is 42.8 Å². The van der Waals surface area contributed by atoms with Crippen LogP contribution < -0.4 is 20.7 Å². The van der Waals surface area contributed by atoms with Gasteiger partial charge in [-0.15, -0.1) is 0 Å². The number of aromatic nitrogens is 2. The average Bonchev–Trinajstić information content (AvgIpc) is 3.29. The van der Waals surface area contributed by atoms with Gasteiger partial charge in [0.15, 0.2) is 0 Å². The molecular weight excluding hydrogens is 401 g/mol. The van der Waals surface area contributed by atoms with E-state index in [-0.39, 0.29) is 17.3 Å². The van der Waals surface area contributed by atoms with Crippen molar-refractivity contribution in [1.29, 1.82) is 0 Å². The minimum atomic E-state index is -0.619. The average molecular weight is 425 g/mol. The number of phenolic OH excluding ortho intramolecular Hbond substituents is 1. The van der Waals surface area contributed by atoms with E-state index in [1.807, 2.05) is 0 Å². The van der Waals surface area contributed by atoms with Gasteiger partial charge in [0.05, 0.1) is 11.9 Å². The van der Waals surface area contributed by atoms with Crippen LogP contribution in [0.25, 0.3) is 11.1 Å². The molecule has 1 amide bonds. The Kier molecular flexibility index (Phi) is 6.15. The van der Waals surface area contributed by atoms with Crippen LogP contribution in [0.5, 0.6) is 11.5 Å². The second-order valence-corrected chi connectivity index (χ2v) is 7.28. The number of hydrogen-bond donors (Lipinski definition) is 5. The fraction of sp³-hybridized carbons (Fsp3) is 0.273. The molecule has 1 unspecified atom stereocenters. The number of fused-ring (bicyclic) bond motifs is 1. The molecular formula is C22H24FN5O3. The van der Waals surface area contributed by atoms with E-state index in [1.54, 1.807) is 37.5 Å². The zero-order valence-corrected chi connectivity index (χ0v) is 17.0. The summed E-state index contributed by atoms with van der Waals surface area (Å²) in [5, 5.41) is 25.2. The van der Waals surface area contributed by atoms with Crippen LogP contribution in [0, 0.1) is 5.82 Å². The second kappa shape index (κ2) is 9.15. The first kappa shape index (κ1) is 20.8. The highest BCUT2D eigenvalue weighted by Gasteiger charge is 2.27. The molecule has 5 N–H and O–H groups in total.